The number of halogens is 4. The van der Waals surface area contributed by atoms with Crippen molar-refractivity contribution in [3.63, 3.8) is 0 Å². The normalized spacial score (nSPS) is 13.8. The molecule has 0 saturated carbocycles. The molecule has 11 heteroatoms. The van der Waals surface area contributed by atoms with Gasteiger partial charge in [0.1, 0.15) is 17.3 Å². The van der Waals surface area contributed by atoms with E-state index in [1.807, 2.05) is 0 Å². The summed E-state index contributed by atoms with van der Waals surface area (Å²) in [6.07, 6.45) is -2.19. The van der Waals surface area contributed by atoms with E-state index in [1.165, 1.54) is 30.3 Å². The number of benzene rings is 3. The molecular formula is C25H19F4NO6. The van der Waals surface area contributed by atoms with Crippen LogP contribution in [0.5, 0.6) is 11.5 Å². The molecule has 0 aromatic heterocycles. The Labute approximate surface area is 202 Å². The Bertz CT molecular complexity index is 1310. The first-order chi connectivity index (χ1) is 17.1. The van der Waals surface area contributed by atoms with Crippen LogP contribution in [0.2, 0.25) is 0 Å². The third kappa shape index (κ3) is 4.43. The van der Waals surface area contributed by atoms with Gasteiger partial charge in [0.2, 0.25) is 6.36 Å². The van der Waals surface area contributed by atoms with Crippen LogP contribution in [-0.4, -0.2) is 37.4 Å². The van der Waals surface area contributed by atoms with Crippen molar-refractivity contribution in [3.05, 3.63) is 65.0 Å². The Morgan fingerprint density at radius 1 is 0.944 bits per heavy atom. The number of imide groups is 1. The lowest BCUT2D eigenvalue weighted by Gasteiger charge is -2.17. The number of anilines is 1. The van der Waals surface area contributed by atoms with Crippen LogP contribution in [0.4, 0.5) is 23.2 Å². The maximum absolute atomic E-state index is 15.1. The number of carbonyl (C=O) groups excluding carboxylic acids is 3. The van der Waals surface area contributed by atoms with E-state index in [0.717, 1.165) is 19.1 Å². The lowest BCUT2D eigenvalue weighted by atomic mass is 9.99. The molecule has 0 fully saturated rings. The van der Waals surface area contributed by atoms with Crippen molar-refractivity contribution in [1.29, 1.82) is 0 Å². The van der Waals surface area contributed by atoms with E-state index in [-0.39, 0.29) is 35.1 Å². The van der Waals surface area contributed by atoms with Gasteiger partial charge >= 0.3 is 12.6 Å². The number of alkyl halides is 3. The maximum Gasteiger partial charge on any atom is 0.387 e. The number of carbonyl (C=O) groups is 3. The van der Waals surface area contributed by atoms with Gasteiger partial charge in [-0.25, -0.2) is 13.7 Å². The van der Waals surface area contributed by atoms with E-state index in [4.69, 9.17) is 9.47 Å². The average molecular weight is 505 g/mol. The highest BCUT2D eigenvalue weighted by Crippen LogP contribution is 2.47. The van der Waals surface area contributed by atoms with Crippen molar-refractivity contribution in [2.45, 2.75) is 33.2 Å². The molecule has 0 aliphatic carbocycles. The van der Waals surface area contributed by atoms with Crippen molar-refractivity contribution in [3.8, 4) is 11.5 Å². The highest BCUT2D eigenvalue weighted by atomic mass is 19.3. The number of esters is 1. The Morgan fingerprint density at radius 2 is 1.53 bits per heavy atom. The number of hydrogen-bond donors (Lipinski definition) is 0. The van der Waals surface area contributed by atoms with Crippen molar-refractivity contribution in [2.75, 3.05) is 11.5 Å². The molecule has 0 saturated heterocycles. The van der Waals surface area contributed by atoms with Crippen molar-refractivity contribution >= 4 is 34.2 Å². The van der Waals surface area contributed by atoms with Crippen LogP contribution < -0.4 is 14.4 Å². The molecule has 36 heavy (non-hydrogen) atoms. The lowest BCUT2D eigenvalue weighted by Crippen LogP contribution is -2.30. The van der Waals surface area contributed by atoms with Crippen LogP contribution in [0.3, 0.4) is 0 Å². The standard InChI is InChI=1S/C25H19F4NO6/c1-3-34-18(31)11-13-8-9-17(16(27)10-13)30-23(32)19-20(24(30)33)22(36-25(28)29)15-7-5-4-6-14(15)21(19)35-12(2)26/h4-10,12,25H,3,11H2,1-2H3. The van der Waals surface area contributed by atoms with Gasteiger partial charge in [0.15, 0.2) is 0 Å². The summed E-state index contributed by atoms with van der Waals surface area (Å²) in [5.74, 6) is -4.90. The smallest absolute Gasteiger partial charge is 0.387 e. The lowest BCUT2D eigenvalue weighted by molar-refractivity contribution is -0.142. The summed E-state index contributed by atoms with van der Waals surface area (Å²) in [5, 5.41) is 0.0186. The molecule has 0 radical (unpaired) electrons. The number of nitrogens with zero attached hydrogens (tertiary/aromatic N) is 1. The van der Waals surface area contributed by atoms with Crippen LogP contribution in [0.15, 0.2) is 42.5 Å². The summed E-state index contributed by atoms with van der Waals surface area (Å²) in [6.45, 7) is -0.583. The van der Waals surface area contributed by atoms with Gasteiger partial charge in [-0.2, -0.15) is 8.78 Å². The van der Waals surface area contributed by atoms with E-state index < -0.39 is 59.1 Å². The van der Waals surface area contributed by atoms with Crippen LogP contribution >= 0.6 is 0 Å². The molecule has 1 aliphatic rings. The predicted molar refractivity (Wildman–Crippen MR) is 120 cm³/mol. The molecule has 4 rings (SSSR count). The SMILES string of the molecule is CCOC(=O)Cc1ccc(N2C(=O)c3c(c(OC(F)F)c4ccccc4c3OC(C)F)C2=O)c(F)c1. The van der Waals surface area contributed by atoms with E-state index in [0.29, 0.717) is 4.90 Å². The first kappa shape index (κ1) is 25.0. The average Bonchev–Trinajstić information content (AvgIpc) is 3.06. The number of amides is 2. The number of fused-ring (bicyclic) bond motifs is 2. The zero-order valence-electron chi connectivity index (χ0n) is 19.0. The largest absolute Gasteiger partial charge is 0.466 e. The van der Waals surface area contributed by atoms with Crippen LogP contribution in [0.1, 0.15) is 40.1 Å². The topological polar surface area (TPSA) is 82.1 Å². The monoisotopic (exact) mass is 505 g/mol. The van der Waals surface area contributed by atoms with Crippen LogP contribution in [0, 0.1) is 5.82 Å². The highest BCUT2D eigenvalue weighted by molar-refractivity contribution is 6.38. The quantitative estimate of drug-likeness (QED) is 0.238. The van der Waals surface area contributed by atoms with Gasteiger partial charge in [0, 0.05) is 17.7 Å². The summed E-state index contributed by atoms with van der Waals surface area (Å²) in [5.41, 5.74) is -1.42. The van der Waals surface area contributed by atoms with Crippen LogP contribution in [0.25, 0.3) is 10.8 Å². The van der Waals surface area contributed by atoms with Crippen molar-refractivity contribution in [2.24, 2.45) is 0 Å². The summed E-state index contributed by atoms with van der Waals surface area (Å²) in [6, 6.07) is 9.05. The minimum Gasteiger partial charge on any atom is -0.466 e. The Balaban J connectivity index is 1.88. The molecule has 188 valence electrons. The zero-order chi connectivity index (χ0) is 26.1. The van der Waals surface area contributed by atoms with Gasteiger partial charge in [-0.15, -0.1) is 0 Å². The fourth-order valence-electron chi connectivity index (χ4n) is 4.03. The third-order valence-electron chi connectivity index (χ3n) is 5.35. The van der Waals surface area contributed by atoms with E-state index in [2.05, 4.69) is 4.74 Å². The molecule has 3 aromatic rings. The molecule has 3 aromatic carbocycles. The van der Waals surface area contributed by atoms with E-state index in [9.17, 15) is 27.6 Å². The number of rotatable bonds is 8. The summed E-state index contributed by atoms with van der Waals surface area (Å²) in [7, 11) is 0. The second kappa shape index (κ2) is 9.84. The number of hydrogen-bond acceptors (Lipinski definition) is 6. The van der Waals surface area contributed by atoms with Gasteiger partial charge < -0.3 is 14.2 Å². The molecule has 2 amide bonds. The van der Waals surface area contributed by atoms with Gasteiger partial charge in [-0.05, 0) is 24.6 Å². The van der Waals surface area contributed by atoms with Crippen LogP contribution in [-0.2, 0) is 16.0 Å². The third-order valence-corrected chi connectivity index (χ3v) is 5.35. The summed E-state index contributed by atoms with van der Waals surface area (Å²) >= 11 is 0. The first-order valence-electron chi connectivity index (χ1n) is 10.8. The van der Waals surface area contributed by atoms with Gasteiger partial charge in [0.05, 0.1) is 29.8 Å². The predicted octanol–water partition coefficient (Wildman–Crippen LogP) is 5.18. The highest BCUT2D eigenvalue weighted by Gasteiger charge is 2.45. The molecule has 1 heterocycles. The van der Waals surface area contributed by atoms with E-state index >= 15 is 4.39 Å². The summed E-state index contributed by atoms with van der Waals surface area (Å²) in [4.78, 5) is 38.9. The fourth-order valence-corrected chi connectivity index (χ4v) is 4.03. The molecular weight excluding hydrogens is 486 g/mol. The second-order valence-electron chi connectivity index (χ2n) is 7.71. The molecule has 1 unspecified atom stereocenters. The second-order valence-corrected chi connectivity index (χ2v) is 7.71. The summed E-state index contributed by atoms with van der Waals surface area (Å²) < 4.78 is 70.3. The fraction of sp³-hybridized carbons (Fsp3) is 0.240. The minimum atomic E-state index is -3.36. The molecule has 1 atom stereocenters. The molecule has 0 bridgehead atoms. The number of ether oxygens (including phenoxy) is 3. The molecule has 0 N–H and O–H groups in total. The van der Waals surface area contributed by atoms with Crippen molar-refractivity contribution < 1.29 is 46.2 Å². The Kier molecular flexibility index (Phi) is 6.82. The Hall–Kier alpha value is -4.15. The first-order valence-corrected chi connectivity index (χ1v) is 10.8. The van der Waals surface area contributed by atoms with Gasteiger partial charge in [0.25, 0.3) is 11.8 Å². The zero-order valence-corrected chi connectivity index (χ0v) is 19.0. The molecule has 1 aliphatic heterocycles. The Morgan fingerprint density at radius 3 is 2.03 bits per heavy atom. The van der Waals surface area contributed by atoms with E-state index in [1.54, 1.807) is 6.92 Å². The minimum absolute atomic E-state index is 0.0274. The maximum atomic E-state index is 15.1. The molecule has 0 spiro atoms. The van der Waals surface area contributed by atoms with Gasteiger partial charge in [-0.1, -0.05) is 30.3 Å². The van der Waals surface area contributed by atoms with Gasteiger partial charge in [-0.3, -0.25) is 14.4 Å². The molecule has 7 nitrogen and oxygen atoms in total. The van der Waals surface area contributed by atoms with Crippen molar-refractivity contribution in [1.82, 2.24) is 0 Å².